The molecule has 3 rings (SSSR count). The van der Waals surface area contributed by atoms with E-state index in [0.29, 0.717) is 5.41 Å². The highest BCUT2D eigenvalue weighted by Gasteiger charge is 2.28. The quantitative estimate of drug-likeness (QED) is 0.926. The summed E-state index contributed by atoms with van der Waals surface area (Å²) in [5.41, 5.74) is 2.67. The Kier molecular flexibility index (Phi) is 3.62. The first-order chi connectivity index (χ1) is 9.66. The SMILES string of the molecule is CN1CCC(C)(CNc2ccnc3ccccc23)CC1. The molecule has 2 heterocycles. The second kappa shape index (κ2) is 5.41. The Morgan fingerprint density at radius 1 is 1.20 bits per heavy atom. The van der Waals surface area contributed by atoms with Crippen molar-refractivity contribution in [2.45, 2.75) is 19.8 Å². The summed E-state index contributed by atoms with van der Waals surface area (Å²) in [5.74, 6) is 0. The van der Waals surface area contributed by atoms with Crippen molar-refractivity contribution in [3.63, 3.8) is 0 Å². The highest BCUT2D eigenvalue weighted by atomic mass is 15.1. The van der Waals surface area contributed by atoms with Gasteiger partial charge in [0.2, 0.25) is 0 Å². The molecule has 0 radical (unpaired) electrons. The zero-order valence-corrected chi connectivity index (χ0v) is 12.4. The highest BCUT2D eigenvalue weighted by Crippen LogP contribution is 2.31. The molecule has 1 aliphatic heterocycles. The molecular weight excluding hydrogens is 246 g/mol. The maximum atomic E-state index is 4.42. The van der Waals surface area contributed by atoms with Crippen LogP contribution in [0.5, 0.6) is 0 Å². The number of likely N-dealkylation sites (tertiary alicyclic amines) is 1. The maximum absolute atomic E-state index is 4.42. The van der Waals surface area contributed by atoms with Gasteiger partial charge < -0.3 is 10.2 Å². The number of fused-ring (bicyclic) bond motifs is 1. The van der Waals surface area contributed by atoms with Gasteiger partial charge >= 0.3 is 0 Å². The van der Waals surface area contributed by atoms with Crippen LogP contribution in [0.3, 0.4) is 0 Å². The first kappa shape index (κ1) is 13.4. The van der Waals surface area contributed by atoms with Gasteiger partial charge in [-0.05, 0) is 50.5 Å². The van der Waals surface area contributed by atoms with E-state index < -0.39 is 0 Å². The van der Waals surface area contributed by atoms with Gasteiger partial charge in [-0.2, -0.15) is 0 Å². The average molecular weight is 269 g/mol. The van der Waals surface area contributed by atoms with Crippen molar-refractivity contribution in [1.29, 1.82) is 0 Å². The third-order valence-electron chi connectivity index (χ3n) is 4.55. The van der Waals surface area contributed by atoms with Crippen molar-refractivity contribution < 1.29 is 0 Å². The molecule has 0 atom stereocenters. The lowest BCUT2D eigenvalue weighted by molar-refractivity contribution is 0.150. The monoisotopic (exact) mass is 269 g/mol. The molecule has 0 saturated carbocycles. The summed E-state index contributed by atoms with van der Waals surface area (Å²) in [6, 6.07) is 10.4. The van der Waals surface area contributed by atoms with Crippen LogP contribution in [0.15, 0.2) is 36.5 Å². The third-order valence-corrected chi connectivity index (χ3v) is 4.55. The predicted molar refractivity (Wildman–Crippen MR) is 85.1 cm³/mol. The lowest BCUT2D eigenvalue weighted by Crippen LogP contribution is -2.40. The number of hydrogen-bond acceptors (Lipinski definition) is 3. The molecule has 2 aromatic rings. The van der Waals surface area contributed by atoms with Gasteiger partial charge in [-0.1, -0.05) is 25.1 Å². The zero-order chi connectivity index (χ0) is 14.0. The van der Waals surface area contributed by atoms with Gasteiger partial charge in [0.1, 0.15) is 0 Å². The van der Waals surface area contributed by atoms with E-state index in [1.807, 2.05) is 12.3 Å². The molecule has 1 fully saturated rings. The van der Waals surface area contributed by atoms with Gasteiger partial charge in [0.25, 0.3) is 0 Å². The smallest absolute Gasteiger partial charge is 0.0722 e. The molecular formula is C17H23N3. The molecule has 0 aliphatic carbocycles. The number of nitrogens with one attached hydrogen (secondary N) is 1. The minimum Gasteiger partial charge on any atom is -0.384 e. The van der Waals surface area contributed by atoms with Gasteiger partial charge in [0.05, 0.1) is 5.52 Å². The van der Waals surface area contributed by atoms with Gasteiger partial charge in [0, 0.05) is 23.8 Å². The number of para-hydroxylation sites is 1. The Hall–Kier alpha value is -1.61. The Labute approximate surface area is 121 Å². The van der Waals surface area contributed by atoms with Crippen LogP contribution in [0.1, 0.15) is 19.8 Å². The molecule has 1 saturated heterocycles. The number of pyridine rings is 1. The summed E-state index contributed by atoms with van der Waals surface area (Å²) < 4.78 is 0. The minimum atomic E-state index is 0.400. The molecule has 0 unspecified atom stereocenters. The van der Waals surface area contributed by atoms with E-state index in [9.17, 15) is 0 Å². The maximum Gasteiger partial charge on any atom is 0.0722 e. The molecule has 20 heavy (non-hydrogen) atoms. The molecule has 0 amide bonds. The Morgan fingerprint density at radius 2 is 1.95 bits per heavy atom. The molecule has 0 bridgehead atoms. The van der Waals surface area contributed by atoms with Crippen molar-refractivity contribution >= 4 is 16.6 Å². The number of aromatic nitrogens is 1. The van der Waals surface area contributed by atoms with Crippen LogP contribution in [-0.4, -0.2) is 36.6 Å². The number of piperidine rings is 1. The van der Waals surface area contributed by atoms with Gasteiger partial charge in [-0.15, -0.1) is 0 Å². The average Bonchev–Trinajstić information content (AvgIpc) is 2.49. The second-order valence-electron chi connectivity index (χ2n) is 6.34. The van der Waals surface area contributed by atoms with Crippen molar-refractivity contribution in [2.24, 2.45) is 5.41 Å². The molecule has 1 N–H and O–H groups in total. The Morgan fingerprint density at radius 3 is 2.75 bits per heavy atom. The van der Waals surface area contributed by atoms with Gasteiger partial charge in [-0.25, -0.2) is 0 Å². The fraction of sp³-hybridized carbons (Fsp3) is 0.471. The van der Waals surface area contributed by atoms with Crippen LogP contribution in [-0.2, 0) is 0 Å². The second-order valence-corrected chi connectivity index (χ2v) is 6.34. The van der Waals surface area contributed by atoms with Crippen LogP contribution in [0.4, 0.5) is 5.69 Å². The Balaban J connectivity index is 1.74. The first-order valence-electron chi connectivity index (χ1n) is 7.43. The minimum absolute atomic E-state index is 0.400. The number of rotatable bonds is 3. The largest absolute Gasteiger partial charge is 0.384 e. The van der Waals surface area contributed by atoms with E-state index in [2.05, 4.69) is 53.4 Å². The lowest BCUT2D eigenvalue weighted by Gasteiger charge is -2.38. The Bertz CT molecular complexity index is 580. The van der Waals surface area contributed by atoms with E-state index >= 15 is 0 Å². The highest BCUT2D eigenvalue weighted by molar-refractivity contribution is 5.90. The predicted octanol–water partition coefficient (Wildman–Crippen LogP) is 3.38. The molecule has 3 nitrogen and oxygen atoms in total. The van der Waals surface area contributed by atoms with Crippen molar-refractivity contribution in [3.8, 4) is 0 Å². The number of hydrogen-bond donors (Lipinski definition) is 1. The summed E-state index contributed by atoms with van der Waals surface area (Å²) in [6.45, 7) is 5.84. The number of benzene rings is 1. The van der Waals surface area contributed by atoms with Crippen LogP contribution in [0, 0.1) is 5.41 Å². The van der Waals surface area contributed by atoms with Crippen LogP contribution >= 0.6 is 0 Å². The molecule has 1 aromatic heterocycles. The van der Waals surface area contributed by atoms with Crippen LogP contribution in [0.25, 0.3) is 10.9 Å². The zero-order valence-electron chi connectivity index (χ0n) is 12.4. The topological polar surface area (TPSA) is 28.2 Å². The van der Waals surface area contributed by atoms with Crippen molar-refractivity contribution in [2.75, 3.05) is 32.0 Å². The number of nitrogens with zero attached hydrogens (tertiary/aromatic N) is 2. The summed E-state index contributed by atoms with van der Waals surface area (Å²) in [6.07, 6.45) is 4.42. The van der Waals surface area contributed by atoms with E-state index in [0.717, 1.165) is 12.1 Å². The summed E-state index contributed by atoms with van der Waals surface area (Å²) in [5, 5.41) is 4.87. The third kappa shape index (κ3) is 2.78. The summed E-state index contributed by atoms with van der Waals surface area (Å²) >= 11 is 0. The van der Waals surface area contributed by atoms with Crippen LogP contribution in [0.2, 0.25) is 0 Å². The molecule has 1 aliphatic rings. The fourth-order valence-corrected chi connectivity index (χ4v) is 2.89. The molecule has 106 valence electrons. The fourth-order valence-electron chi connectivity index (χ4n) is 2.89. The first-order valence-corrected chi connectivity index (χ1v) is 7.43. The molecule has 3 heteroatoms. The van der Waals surface area contributed by atoms with E-state index in [-0.39, 0.29) is 0 Å². The van der Waals surface area contributed by atoms with Gasteiger partial charge in [-0.3, -0.25) is 4.98 Å². The lowest BCUT2D eigenvalue weighted by atomic mass is 9.80. The van der Waals surface area contributed by atoms with E-state index in [4.69, 9.17) is 0 Å². The van der Waals surface area contributed by atoms with E-state index in [1.165, 1.54) is 37.0 Å². The standard InChI is InChI=1S/C17H23N3/c1-17(8-11-20(2)12-9-17)13-19-16-7-10-18-15-6-4-3-5-14(15)16/h3-7,10H,8-9,11-13H2,1-2H3,(H,18,19). The van der Waals surface area contributed by atoms with Gasteiger partial charge in [0.15, 0.2) is 0 Å². The molecule has 1 aromatic carbocycles. The number of anilines is 1. The van der Waals surface area contributed by atoms with Crippen LogP contribution < -0.4 is 5.32 Å². The van der Waals surface area contributed by atoms with Crippen molar-refractivity contribution in [1.82, 2.24) is 9.88 Å². The summed E-state index contributed by atoms with van der Waals surface area (Å²) in [7, 11) is 2.21. The summed E-state index contributed by atoms with van der Waals surface area (Å²) in [4.78, 5) is 6.84. The van der Waals surface area contributed by atoms with Crippen molar-refractivity contribution in [3.05, 3.63) is 36.5 Å². The normalized spacial score (nSPS) is 19.1. The molecule has 0 spiro atoms. The van der Waals surface area contributed by atoms with E-state index in [1.54, 1.807) is 0 Å².